The van der Waals surface area contributed by atoms with Gasteiger partial charge in [-0.25, -0.2) is 0 Å². The van der Waals surface area contributed by atoms with Crippen molar-refractivity contribution in [2.45, 2.75) is 11.6 Å². The van der Waals surface area contributed by atoms with E-state index >= 15 is 0 Å². The van der Waals surface area contributed by atoms with E-state index in [1.165, 1.54) is 11.8 Å². The van der Waals surface area contributed by atoms with Crippen LogP contribution in [0.25, 0.3) is 0 Å². The highest BCUT2D eigenvalue weighted by Crippen LogP contribution is 2.17. The monoisotopic (exact) mass is 200 g/mol. The van der Waals surface area contributed by atoms with Gasteiger partial charge in [0.05, 0.1) is 5.37 Å². The predicted octanol–water partition coefficient (Wildman–Crippen LogP) is 0.285. The molecule has 0 saturated carbocycles. The molecule has 1 heterocycles. The van der Waals surface area contributed by atoms with Gasteiger partial charge in [0.2, 0.25) is 0 Å². The average Bonchev–Trinajstić information content (AvgIpc) is 2.37. The lowest BCUT2D eigenvalue weighted by atomic mass is 10.5. The third kappa shape index (κ3) is 2.56. The maximum atomic E-state index is 11.7. The molecule has 70 valence electrons. The molecule has 1 rings (SSSR count). The molecular weight excluding hydrogens is 193 g/mol. The molecule has 1 fully saturated rings. The van der Waals surface area contributed by atoms with Crippen LogP contribution in [0.2, 0.25) is 0 Å². The predicted molar refractivity (Wildman–Crippen MR) is 38.4 cm³/mol. The molecule has 0 aromatic rings. The Morgan fingerprint density at radius 2 is 2.25 bits per heavy atom. The molecule has 0 aliphatic carbocycles. The molecule has 1 atom stereocenters. The number of amides is 1. The molecular formula is C5H7F3N2OS. The highest BCUT2D eigenvalue weighted by atomic mass is 32.2. The number of nitrogens with one attached hydrogen (secondary N) is 2. The summed E-state index contributed by atoms with van der Waals surface area (Å²) in [7, 11) is 0. The quantitative estimate of drug-likeness (QED) is 0.639. The first-order chi connectivity index (χ1) is 5.50. The third-order valence-electron chi connectivity index (χ3n) is 1.27. The van der Waals surface area contributed by atoms with E-state index in [2.05, 4.69) is 5.32 Å². The van der Waals surface area contributed by atoms with E-state index in [-0.39, 0.29) is 0 Å². The van der Waals surface area contributed by atoms with Crippen molar-refractivity contribution in [3.8, 4) is 0 Å². The molecule has 7 heteroatoms. The second kappa shape index (κ2) is 3.53. The first-order valence-corrected chi connectivity index (χ1v) is 4.25. The number of hydrogen-bond donors (Lipinski definition) is 2. The minimum atomic E-state index is -4.77. The average molecular weight is 200 g/mol. The molecule has 0 aromatic carbocycles. The van der Waals surface area contributed by atoms with Crippen LogP contribution >= 0.6 is 11.8 Å². The second-order valence-electron chi connectivity index (χ2n) is 2.22. The zero-order valence-corrected chi connectivity index (χ0v) is 6.76. The molecule has 0 radical (unpaired) electrons. The summed E-state index contributed by atoms with van der Waals surface area (Å²) >= 11 is 1.24. The summed E-state index contributed by atoms with van der Waals surface area (Å²) in [5, 5.41) is 4.21. The van der Waals surface area contributed by atoms with E-state index in [0.29, 0.717) is 12.4 Å². The van der Waals surface area contributed by atoms with Crippen LogP contribution in [0.5, 0.6) is 0 Å². The van der Waals surface area contributed by atoms with Gasteiger partial charge in [-0.2, -0.15) is 13.2 Å². The second-order valence-corrected chi connectivity index (χ2v) is 3.42. The maximum Gasteiger partial charge on any atom is 0.471 e. The van der Waals surface area contributed by atoms with Crippen LogP contribution in [0.15, 0.2) is 0 Å². The van der Waals surface area contributed by atoms with Gasteiger partial charge in [0.1, 0.15) is 0 Å². The van der Waals surface area contributed by atoms with Crippen LogP contribution in [-0.2, 0) is 4.79 Å². The van der Waals surface area contributed by atoms with E-state index in [9.17, 15) is 18.0 Å². The van der Waals surface area contributed by atoms with E-state index in [4.69, 9.17) is 0 Å². The van der Waals surface area contributed by atoms with Crippen molar-refractivity contribution in [2.75, 3.05) is 12.4 Å². The molecule has 3 nitrogen and oxygen atoms in total. The van der Waals surface area contributed by atoms with Gasteiger partial charge in [0, 0.05) is 12.4 Å². The lowest BCUT2D eigenvalue weighted by Crippen LogP contribution is -2.42. The Balaban J connectivity index is 2.35. The van der Waals surface area contributed by atoms with Gasteiger partial charge in [-0.15, -0.1) is 11.8 Å². The van der Waals surface area contributed by atoms with Crippen LogP contribution in [0.3, 0.4) is 0 Å². The number of carbonyl (C=O) groups is 1. The normalized spacial score (nSPS) is 24.1. The van der Waals surface area contributed by atoms with Gasteiger partial charge in [-0.05, 0) is 0 Å². The SMILES string of the molecule is O=C(NC1CNCS1)C(F)(F)F. The molecule has 1 aliphatic heterocycles. The summed E-state index contributed by atoms with van der Waals surface area (Å²) < 4.78 is 35.0. The lowest BCUT2D eigenvalue weighted by Gasteiger charge is -2.11. The van der Waals surface area contributed by atoms with Crippen molar-refractivity contribution in [3.05, 3.63) is 0 Å². The summed E-state index contributed by atoms with van der Waals surface area (Å²) in [6, 6.07) is 0. The van der Waals surface area contributed by atoms with E-state index < -0.39 is 17.5 Å². The minimum Gasteiger partial charge on any atom is -0.335 e. The van der Waals surface area contributed by atoms with Crippen LogP contribution in [0.4, 0.5) is 13.2 Å². The van der Waals surface area contributed by atoms with Crippen molar-refractivity contribution in [1.29, 1.82) is 0 Å². The fraction of sp³-hybridized carbons (Fsp3) is 0.800. The van der Waals surface area contributed by atoms with E-state index in [1.54, 1.807) is 0 Å². The number of carbonyl (C=O) groups excluding carboxylic acids is 1. The Hall–Kier alpha value is -0.430. The van der Waals surface area contributed by atoms with Crippen molar-refractivity contribution >= 4 is 17.7 Å². The smallest absolute Gasteiger partial charge is 0.335 e. The summed E-state index contributed by atoms with van der Waals surface area (Å²) in [5.74, 6) is -1.30. The standard InChI is InChI=1S/C5H7F3N2OS/c6-5(7,8)4(11)10-3-1-9-2-12-3/h3,9H,1-2H2,(H,10,11). The van der Waals surface area contributed by atoms with Crippen LogP contribution in [0.1, 0.15) is 0 Å². The number of hydrogen-bond acceptors (Lipinski definition) is 3. The fourth-order valence-electron chi connectivity index (χ4n) is 0.729. The van der Waals surface area contributed by atoms with E-state index in [0.717, 1.165) is 0 Å². The van der Waals surface area contributed by atoms with Gasteiger partial charge < -0.3 is 10.6 Å². The highest BCUT2D eigenvalue weighted by molar-refractivity contribution is 8.00. The summed E-state index contributed by atoms with van der Waals surface area (Å²) in [5.41, 5.74) is 0. The molecule has 12 heavy (non-hydrogen) atoms. The maximum absolute atomic E-state index is 11.7. The topological polar surface area (TPSA) is 41.1 Å². The molecule has 0 bridgehead atoms. The van der Waals surface area contributed by atoms with Crippen LogP contribution in [-0.4, -0.2) is 29.9 Å². The van der Waals surface area contributed by atoms with Crippen molar-refractivity contribution in [1.82, 2.24) is 10.6 Å². The van der Waals surface area contributed by atoms with Gasteiger partial charge >= 0.3 is 12.1 Å². The van der Waals surface area contributed by atoms with Crippen molar-refractivity contribution in [3.63, 3.8) is 0 Å². The Labute approximate surface area is 71.1 Å². The Morgan fingerprint density at radius 1 is 1.58 bits per heavy atom. The molecule has 2 N–H and O–H groups in total. The Morgan fingerprint density at radius 3 is 2.67 bits per heavy atom. The van der Waals surface area contributed by atoms with Crippen LogP contribution in [0, 0.1) is 0 Å². The summed E-state index contributed by atoms with van der Waals surface area (Å²) in [4.78, 5) is 10.3. The Bertz CT molecular complexity index is 178. The van der Waals surface area contributed by atoms with Gasteiger partial charge in [0.25, 0.3) is 0 Å². The molecule has 0 spiro atoms. The van der Waals surface area contributed by atoms with Gasteiger partial charge in [-0.3, -0.25) is 4.79 Å². The zero-order valence-electron chi connectivity index (χ0n) is 5.94. The number of rotatable bonds is 1. The highest BCUT2D eigenvalue weighted by Gasteiger charge is 2.40. The number of halogens is 3. The molecule has 0 aromatic heterocycles. The molecule has 1 aliphatic rings. The largest absolute Gasteiger partial charge is 0.471 e. The van der Waals surface area contributed by atoms with Crippen LogP contribution < -0.4 is 10.6 Å². The number of thioether (sulfide) groups is 1. The first kappa shape index (κ1) is 9.66. The Kier molecular flexibility index (Phi) is 2.84. The van der Waals surface area contributed by atoms with Crippen molar-refractivity contribution in [2.24, 2.45) is 0 Å². The number of alkyl halides is 3. The molecule has 1 unspecified atom stereocenters. The first-order valence-electron chi connectivity index (χ1n) is 3.20. The third-order valence-corrected chi connectivity index (χ3v) is 2.32. The lowest BCUT2D eigenvalue weighted by molar-refractivity contribution is -0.173. The van der Waals surface area contributed by atoms with E-state index in [1.807, 2.05) is 5.32 Å². The fourth-order valence-corrected chi connectivity index (χ4v) is 1.59. The zero-order chi connectivity index (χ0) is 9.19. The van der Waals surface area contributed by atoms with Gasteiger partial charge in [-0.1, -0.05) is 0 Å². The summed E-state index contributed by atoms with van der Waals surface area (Å²) in [6.45, 7) is 0.381. The summed E-state index contributed by atoms with van der Waals surface area (Å²) in [6.07, 6.45) is -4.77. The minimum absolute atomic E-state index is 0.381. The molecule has 1 saturated heterocycles. The van der Waals surface area contributed by atoms with Crippen molar-refractivity contribution < 1.29 is 18.0 Å². The molecule has 1 amide bonds. The van der Waals surface area contributed by atoms with Gasteiger partial charge in [0.15, 0.2) is 0 Å².